The van der Waals surface area contributed by atoms with E-state index in [1.54, 1.807) is 0 Å². The van der Waals surface area contributed by atoms with Gasteiger partial charge in [-0.2, -0.15) is 0 Å². The van der Waals surface area contributed by atoms with Gasteiger partial charge in [0.15, 0.2) is 23.1 Å². The summed E-state index contributed by atoms with van der Waals surface area (Å²) in [7, 11) is 0. The largest absolute Gasteiger partial charge is 0.476 e. The lowest BCUT2D eigenvalue weighted by atomic mass is 10.2. The average Bonchev–Trinajstić information content (AvgIpc) is 2.68. The first kappa shape index (κ1) is 12.2. The van der Waals surface area contributed by atoms with Crippen LogP contribution in [0, 0.1) is 24.4 Å². The molecule has 0 fully saturated rings. The van der Waals surface area contributed by atoms with E-state index < -0.39 is 40.6 Å². The van der Waals surface area contributed by atoms with Crippen molar-refractivity contribution in [3.63, 3.8) is 0 Å². The zero-order valence-corrected chi connectivity index (χ0v) is 9.00. The normalized spacial score (nSPS) is 10.7. The molecule has 0 amide bonds. The van der Waals surface area contributed by atoms with Crippen LogP contribution in [0.15, 0.2) is 16.5 Å². The van der Waals surface area contributed by atoms with Gasteiger partial charge in [0.25, 0.3) is 0 Å². The molecular formula is C11H6F3NO3. The molecule has 1 N–H and O–H groups in total. The summed E-state index contributed by atoms with van der Waals surface area (Å²) in [5.74, 6) is -6.32. The quantitative estimate of drug-likeness (QED) is 0.840. The standard InChI is InChI=1S/C11H6F3NO3/c1-4-9(11(16)17)15-10(18-4)5-2-3-6(12)8(14)7(5)13/h2-3H,1H3,(H,16,17). The number of hydrogen-bond donors (Lipinski definition) is 1. The fourth-order valence-corrected chi connectivity index (χ4v) is 1.40. The van der Waals surface area contributed by atoms with Crippen LogP contribution in [0.2, 0.25) is 0 Å². The first-order valence-corrected chi connectivity index (χ1v) is 4.76. The van der Waals surface area contributed by atoms with Crippen molar-refractivity contribution in [2.24, 2.45) is 0 Å². The van der Waals surface area contributed by atoms with Crippen LogP contribution in [0.1, 0.15) is 16.2 Å². The summed E-state index contributed by atoms with van der Waals surface area (Å²) in [6.45, 7) is 1.32. The molecule has 0 aliphatic carbocycles. The van der Waals surface area contributed by atoms with Gasteiger partial charge in [-0.1, -0.05) is 0 Å². The highest BCUT2D eigenvalue weighted by atomic mass is 19.2. The molecular weight excluding hydrogens is 251 g/mol. The molecule has 0 aliphatic heterocycles. The van der Waals surface area contributed by atoms with Gasteiger partial charge in [-0.25, -0.2) is 22.9 Å². The number of hydrogen-bond acceptors (Lipinski definition) is 3. The van der Waals surface area contributed by atoms with E-state index in [4.69, 9.17) is 9.52 Å². The summed E-state index contributed by atoms with van der Waals surface area (Å²) < 4.78 is 44.1. The minimum Gasteiger partial charge on any atom is -0.476 e. The van der Waals surface area contributed by atoms with Crippen LogP contribution < -0.4 is 0 Å². The lowest BCUT2D eigenvalue weighted by molar-refractivity contribution is 0.0689. The summed E-state index contributed by atoms with van der Waals surface area (Å²) in [5, 5.41) is 8.74. The third-order valence-electron chi connectivity index (χ3n) is 2.26. The van der Waals surface area contributed by atoms with Crippen LogP contribution in [-0.4, -0.2) is 16.1 Å². The van der Waals surface area contributed by atoms with Crippen molar-refractivity contribution < 1.29 is 27.5 Å². The molecule has 94 valence electrons. The third-order valence-corrected chi connectivity index (χ3v) is 2.26. The lowest BCUT2D eigenvalue weighted by Gasteiger charge is -1.99. The second kappa shape index (κ2) is 4.17. The van der Waals surface area contributed by atoms with Crippen LogP contribution in [0.25, 0.3) is 11.5 Å². The molecule has 0 aliphatic rings. The number of oxazole rings is 1. The SMILES string of the molecule is Cc1oc(-c2ccc(F)c(F)c2F)nc1C(=O)O. The Balaban J connectivity index is 2.60. The van der Waals surface area contributed by atoms with E-state index in [-0.39, 0.29) is 5.76 Å². The number of nitrogens with zero attached hydrogens (tertiary/aromatic N) is 1. The smallest absolute Gasteiger partial charge is 0.358 e. The fourth-order valence-electron chi connectivity index (χ4n) is 1.40. The Hall–Kier alpha value is -2.31. The predicted molar refractivity (Wildman–Crippen MR) is 53.5 cm³/mol. The summed E-state index contributed by atoms with van der Waals surface area (Å²) in [4.78, 5) is 14.2. The number of carbonyl (C=O) groups is 1. The second-order valence-corrected chi connectivity index (χ2v) is 3.45. The minimum absolute atomic E-state index is 0.0540. The second-order valence-electron chi connectivity index (χ2n) is 3.45. The monoisotopic (exact) mass is 257 g/mol. The van der Waals surface area contributed by atoms with Crippen molar-refractivity contribution in [3.8, 4) is 11.5 Å². The number of rotatable bonds is 2. The maximum Gasteiger partial charge on any atom is 0.358 e. The molecule has 0 bridgehead atoms. The topological polar surface area (TPSA) is 63.3 Å². The molecule has 2 rings (SSSR count). The van der Waals surface area contributed by atoms with Crippen LogP contribution in [-0.2, 0) is 0 Å². The van der Waals surface area contributed by atoms with E-state index in [0.29, 0.717) is 6.07 Å². The highest BCUT2D eigenvalue weighted by molar-refractivity contribution is 5.87. The van der Waals surface area contributed by atoms with Crippen LogP contribution in [0.5, 0.6) is 0 Å². The molecule has 0 spiro atoms. The van der Waals surface area contributed by atoms with Crippen molar-refractivity contribution in [1.82, 2.24) is 4.98 Å². The summed E-state index contributed by atoms with van der Waals surface area (Å²) >= 11 is 0. The molecule has 1 aromatic heterocycles. The van der Waals surface area contributed by atoms with E-state index in [1.807, 2.05) is 0 Å². The first-order chi connectivity index (χ1) is 8.41. The predicted octanol–water partition coefficient (Wildman–Crippen LogP) is 2.77. The van der Waals surface area contributed by atoms with E-state index >= 15 is 0 Å². The summed E-state index contributed by atoms with van der Waals surface area (Å²) in [5.41, 5.74) is -0.848. The molecule has 0 atom stereocenters. The van der Waals surface area contributed by atoms with Gasteiger partial charge in [-0.05, 0) is 19.1 Å². The Kier molecular flexibility index (Phi) is 2.82. The van der Waals surface area contributed by atoms with Crippen LogP contribution in [0.4, 0.5) is 13.2 Å². The first-order valence-electron chi connectivity index (χ1n) is 4.76. The zero-order chi connectivity index (χ0) is 13.4. The molecule has 0 unspecified atom stereocenters. The molecule has 1 heterocycles. The van der Waals surface area contributed by atoms with E-state index in [9.17, 15) is 18.0 Å². The summed E-state index contributed by atoms with van der Waals surface area (Å²) in [6, 6.07) is 1.62. The van der Waals surface area contributed by atoms with Gasteiger partial charge >= 0.3 is 5.97 Å². The molecule has 0 saturated heterocycles. The van der Waals surface area contributed by atoms with E-state index in [1.165, 1.54) is 6.92 Å². The lowest BCUT2D eigenvalue weighted by Crippen LogP contribution is -1.99. The molecule has 0 radical (unpaired) electrons. The third kappa shape index (κ3) is 1.83. The number of carboxylic acids is 1. The minimum atomic E-state index is -1.67. The van der Waals surface area contributed by atoms with Crippen LogP contribution in [0.3, 0.4) is 0 Å². The summed E-state index contributed by atoms with van der Waals surface area (Å²) in [6.07, 6.45) is 0. The maximum atomic E-state index is 13.4. The zero-order valence-electron chi connectivity index (χ0n) is 9.00. The van der Waals surface area contributed by atoms with Crippen molar-refractivity contribution in [1.29, 1.82) is 0 Å². The molecule has 4 nitrogen and oxygen atoms in total. The van der Waals surface area contributed by atoms with Gasteiger partial charge < -0.3 is 9.52 Å². The van der Waals surface area contributed by atoms with Crippen molar-refractivity contribution in [2.45, 2.75) is 6.92 Å². The van der Waals surface area contributed by atoms with Gasteiger partial charge in [0, 0.05) is 0 Å². The number of benzene rings is 1. The van der Waals surface area contributed by atoms with E-state index in [2.05, 4.69) is 4.98 Å². The van der Waals surface area contributed by atoms with Gasteiger partial charge in [-0.15, -0.1) is 0 Å². The van der Waals surface area contributed by atoms with Gasteiger partial charge in [0.05, 0.1) is 5.56 Å². The Labute approximate surface area is 98.7 Å². The average molecular weight is 257 g/mol. The van der Waals surface area contributed by atoms with Crippen LogP contribution >= 0.6 is 0 Å². The number of aromatic carboxylic acids is 1. The molecule has 18 heavy (non-hydrogen) atoms. The van der Waals surface area contributed by atoms with Gasteiger partial charge in [0.1, 0.15) is 5.76 Å². The Morgan fingerprint density at radius 2 is 1.94 bits per heavy atom. The fraction of sp³-hybridized carbons (Fsp3) is 0.0909. The molecule has 7 heteroatoms. The number of carboxylic acid groups (broad SMARTS) is 1. The van der Waals surface area contributed by atoms with Crippen molar-refractivity contribution in [3.05, 3.63) is 41.0 Å². The van der Waals surface area contributed by atoms with Crippen molar-refractivity contribution >= 4 is 5.97 Å². The van der Waals surface area contributed by atoms with E-state index in [0.717, 1.165) is 6.07 Å². The molecule has 2 aromatic rings. The highest BCUT2D eigenvalue weighted by Gasteiger charge is 2.22. The maximum absolute atomic E-state index is 13.4. The Morgan fingerprint density at radius 1 is 1.28 bits per heavy atom. The van der Waals surface area contributed by atoms with Gasteiger partial charge in [-0.3, -0.25) is 0 Å². The number of aryl methyl sites for hydroxylation is 1. The highest BCUT2D eigenvalue weighted by Crippen LogP contribution is 2.26. The number of halogens is 3. The van der Waals surface area contributed by atoms with Gasteiger partial charge in [0.2, 0.25) is 5.89 Å². The van der Waals surface area contributed by atoms with Crippen molar-refractivity contribution in [2.75, 3.05) is 0 Å². The number of aromatic nitrogens is 1. The Bertz CT molecular complexity index is 637. The molecule has 0 saturated carbocycles. The molecule has 1 aromatic carbocycles. The Morgan fingerprint density at radius 3 is 2.50 bits per heavy atom.